The highest BCUT2D eigenvalue weighted by Gasteiger charge is 2.04. The van der Waals surface area contributed by atoms with E-state index in [4.69, 9.17) is 5.11 Å². The van der Waals surface area contributed by atoms with Crippen molar-refractivity contribution in [2.45, 2.75) is 0 Å². The number of carbonyl (C=O) groups is 1. The first-order valence-electron chi connectivity index (χ1n) is 3.58. The molecular formula is C7H10O3Si2. The van der Waals surface area contributed by atoms with E-state index in [2.05, 4.69) is 4.74 Å². The molecule has 0 unspecified atom stereocenters. The Morgan fingerprint density at radius 2 is 2.08 bits per heavy atom. The topological polar surface area (TPSA) is 46.5 Å². The van der Waals surface area contributed by atoms with Gasteiger partial charge in [0.25, 0.3) is 0 Å². The predicted molar refractivity (Wildman–Crippen MR) is 54.2 cm³/mol. The van der Waals surface area contributed by atoms with Crippen LogP contribution in [0.25, 0.3) is 0 Å². The monoisotopic (exact) mass is 198 g/mol. The molecule has 0 aliphatic heterocycles. The van der Waals surface area contributed by atoms with Crippen molar-refractivity contribution in [1.29, 1.82) is 0 Å². The van der Waals surface area contributed by atoms with Crippen molar-refractivity contribution < 1.29 is 14.6 Å². The van der Waals surface area contributed by atoms with Gasteiger partial charge in [0, 0.05) is 20.5 Å². The fourth-order valence-electron chi connectivity index (χ4n) is 0.929. The Hall–Kier alpha value is -1.08. The first-order valence-corrected chi connectivity index (χ1v) is 5.58. The molecule has 12 heavy (non-hydrogen) atoms. The lowest BCUT2D eigenvalue weighted by Crippen LogP contribution is -2.28. The molecular weight excluding hydrogens is 188 g/mol. The quantitative estimate of drug-likeness (QED) is 0.314. The molecule has 1 aromatic rings. The van der Waals surface area contributed by atoms with Crippen molar-refractivity contribution in [3.8, 4) is 5.75 Å². The van der Waals surface area contributed by atoms with E-state index in [0.717, 1.165) is 25.7 Å². The Balaban J connectivity index is 3.00. The Morgan fingerprint density at radius 3 is 2.67 bits per heavy atom. The SMILES string of the molecule is O=C(O)Oc1cccc([SiH3])c1[SiH3]. The summed E-state index contributed by atoms with van der Waals surface area (Å²) in [5.74, 6) is 0.502. The van der Waals surface area contributed by atoms with E-state index in [1.54, 1.807) is 6.07 Å². The van der Waals surface area contributed by atoms with Crippen LogP contribution < -0.4 is 15.1 Å². The molecule has 1 N–H and O–H groups in total. The molecule has 0 aliphatic carbocycles. The van der Waals surface area contributed by atoms with Crippen LogP contribution in [0, 0.1) is 0 Å². The summed E-state index contributed by atoms with van der Waals surface area (Å²) in [4.78, 5) is 10.2. The van der Waals surface area contributed by atoms with Gasteiger partial charge >= 0.3 is 6.16 Å². The van der Waals surface area contributed by atoms with Crippen LogP contribution in [0.4, 0.5) is 4.79 Å². The molecule has 1 aromatic carbocycles. The smallest absolute Gasteiger partial charge is 0.449 e. The third-order valence-corrected chi connectivity index (χ3v) is 5.12. The molecule has 1 rings (SSSR count). The number of hydrogen-bond acceptors (Lipinski definition) is 2. The predicted octanol–water partition coefficient (Wildman–Crippen LogP) is -2.28. The van der Waals surface area contributed by atoms with Crippen LogP contribution in [0.15, 0.2) is 18.2 Å². The lowest BCUT2D eigenvalue weighted by Gasteiger charge is -2.05. The number of ether oxygens (including phenoxy) is 1. The van der Waals surface area contributed by atoms with Crippen LogP contribution in [-0.4, -0.2) is 31.7 Å². The molecule has 5 heteroatoms. The van der Waals surface area contributed by atoms with E-state index in [0.29, 0.717) is 5.75 Å². The number of hydrogen-bond donors (Lipinski definition) is 1. The number of benzene rings is 1. The number of carboxylic acid groups (broad SMARTS) is 1. The standard InChI is InChI=1S/C7H10O3Si2/c8-7(9)10-4-2-1-3-5(11)6(4)12/h1-3H,11-12H3,(H,8,9). The van der Waals surface area contributed by atoms with Crippen LogP contribution >= 0.6 is 0 Å². The summed E-state index contributed by atoms with van der Waals surface area (Å²) in [6.45, 7) is 0. The summed E-state index contributed by atoms with van der Waals surface area (Å²) in [5.41, 5.74) is 0. The maximum Gasteiger partial charge on any atom is 0.511 e. The van der Waals surface area contributed by atoms with E-state index >= 15 is 0 Å². The largest absolute Gasteiger partial charge is 0.511 e. The Bertz CT molecular complexity index is 312. The number of rotatable bonds is 1. The molecule has 0 aromatic heterocycles. The lowest BCUT2D eigenvalue weighted by molar-refractivity contribution is 0.145. The molecule has 0 radical (unpaired) electrons. The maximum atomic E-state index is 10.2. The minimum absolute atomic E-state index is 0.502. The van der Waals surface area contributed by atoms with E-state index in [-0.39, 0.29) is 0 Å². The average Bonchev–Trinajstić information content (AvgIpc) is 1.98. The summed E-state index contributed by atoms with van der Waals surface area (Å²) in [6, 6.07) is 5.52. The van der Waals surface area contributed by atoms with Gasteiger partial charge in [-0.25, -0.2) is 4.79 Å². The van der Waals surface area contributed by atoms with Crippen LogP contribution in [0.3, 0.4) is 0 Å². The van der Waals surface area contributed by atoms with Gasteiger partial charge in [0.1, 0.15) is 5.75 Å². The summed E-state index contributed by atoms with van der Waals surface area (Å²) in [6.07, 6.45) is -1.24. The summed E-state index contributed by atoms with van der Waals surface area (Å²) >= 11 is 0. The third-order valence-electron chi connectivity index (χ3n) is 1.75. The van der Waals surface area contributed by atoms with Crippen LogP contribution in [0.2, 0.25) is 0 Å². The van der Waals surface area contributed by atoms with Crippen molar-refractivity contribution in [3.63, 3.8) is 0 Å². The summed E-state index contributed by atoms with van der Waals surface area (Å²) < 4.78 is 4.60. The zero-order valence-corrected chi connectivity index (χ0v) is 11.0. The van der Waals surface area contributed by atoms with Gasteiger partial charge in [0.05, 0.1) is 0 Å². The Morgan fingerprint density at radius 1 is 1.42 bits per heavy atom. The molecule has 64 valence electrons. The maximum absolute atomic E-state index is 10.2. The van der Waals surface area contributed by atoms with Gasteiger partial charge in [-0.05, 0) is 11.3 Å². The second-order valence-electron chi connectivity index (χ2n) is 2.57. The Kier molecular flexibility index (Phi) is 2.67. The van der Waals surface area contributed by atoms with Crippen molar-refractivity contribution in [1.82, 2.24) is 0 Å². The van der Waals surface area contributed by atoms with E-state index in [1.165, 1.54) is 5.19 Å². The van der Waals surface area contributed by atoms with Crippen molar-refractivity contribution in [2.24, 2.45) is 0 Å². The molecule has 0 saturated heterocycles. The molecule has 0 saturated carbocycles. The van der Waals surface area contributed by atoms with E-state index in [1.807, 2.05) is 12.1 Å². The first kappa shape index (κ1) is 9.02. The van der Waals surface area contributed by atoms with Crippen LogP contribution in [-0.2, 0) is 0 Å². The van der Waals surface area contributed by atoms with Crippen LogP contribution in [0.1, 0.15) is 0 Å². The first-order chi connectivity index (χ1) is 5.61. The molecule has 0 amide bonds. The highest BCUT2D eigenvalue weighted by atomic mass is 28.2. The van der Waals surface area contributed by atoms with Gasteiger partial charge in [-0.3, -0.25) is 0 Å². The minimum atomic E-state index is -1.24. The second kappa shape index (κ2) is 3.55. The second-order valence-corrected chi connectivity index (χ2v) is 4.64. The Labute approximate surface area is 76.2 Å². The molecule has 3 nitrogen and oxygen atoms in total. The molecule has 0 heterocycles. The molecule has 0 atom stereocenters. The highest BCUT2D eigenvalue weighted by molar-refractivity contribution is 6.49. The zero-order valence-electron chi connectivity index (χ0n) is 7.00. The van der Waals surface area contributed by atoms with Crippen LogP contribution in [0.5, 0.6) is 5.75 Å². The van der Waals surface area contributed by atoms with E-state index in [9.17, 15) is 4.79 Å². The van der Waals surface area contributed by atoms with Gasteiger partial charge in [0.15, 0.2) is 0 Å². The molecule has 0 bridgehead atoms. The van der Waals surface area contributed by atoms with Crippen molar-refractivity contribution in [2.75, 3.05) is 0 Å². The molecule has 0 fully saturated rings. The van der Waals surface area contributed by atoms with E-state index < -0.39 is 6.16 Å². The highest BCUT2D eigenvalue weighted by Crippen LogP contribution is 2.02. The zero-order chi connectivity index (χ0) is 9.14. The average molecular weight is 198 g/mol. The van der Waals surface area contributed by atoms with Crippen molar-refractivity contribution >= 4 is 37.0 Å². The van der Waals surface area contributed by atoms with Gasteiger partial charge in [-0.2, -0.15) is 0 Å². The lowest BCUT2D eigenvalue weighted by atomic mass is 10.3. The van der Waals surface area contributed by atoms with Gasteiger partial charge in [-0.15, -0.1) is 0 Å². The van der Waals surface area contributed by atoms with Gasteiger partial charge in [-0.1, -0.05) is 17.3 Å². The molecule has 0 aliphatic rings. The van der Waals surface area contributed by atoms with Gasteiger partial charge < -0.3 is 9.84 Å². The minimum Gasteiger partial charge on any atom is -0.449 e. The fraction of sp³-hybridized carbons (Fsp3) is 0. The van der Waals surface area contributed by atoms with Gasteiger partial charge in [0.2, 0.25) is 0 Å². The van der Waals surface area contributed by atoms with Crippen molar-refractivity contribution in [3.05, 3.63) is 18.2 Å². The third kappa shape index (κ3) is 1.96. The fourth-order valence-corrected chi connectivity index (χ4v) is 1.80. The summed E-state index contributed by atoms with van der Waals surface area (Å²) in [7, 11) is 1.77. The summed E-state index contributed by atoms with van der Waals surface area (Å²) in [5, 5.41) is 10.7. The molecule has 0 spiro atoms. The normalized spacial score (nSPS) is 10.0.